The number of aromatic hydroxyl groups is 1. The fourth-order valence-corrected chi connectivity index (χ4v) is 10.9. The first-order chi connectivity index (χ1) is 25.5. The molecular formula is C49H57N4OPtSi-. The van der Waals surface area contributed by atoms with Gasteiger partial charge in [-0.05, 0) is 56.3 Å². The minimum Gasteiger partial charge on any atom is -0.507 e. The van der Waals surface area contributed by atoms with Crippen LogP contribution in [0.5, 0.6) is 5.75 Å². The van der Waals surface area contributed by atoms with Crippen molar-refractivity contribution < 1.29 is 26.2 Å². The fourth-order valence-electron chi connectivity index (χ4n) is 7.84. The molecule has 0 aliphatic carbocycles. The van der Waals surface area contributed by atoms with E-state index in [-0.39, 0.29) is 48.5 Å². The Hall–Kier alpha value is -4.12. The van der Waals surface area contributed by atoms with Gasteiger partial charge in [0.25, 0.3) is 0 Å². The zero-order valence-corrected chi connectivity index (χ0v) is 38.9. The normalized spacial score (nSPS) is 14.0. The number of phenolic OH excluding ortho intramolecular Hbond substituents is 1. The molecule has 0 atom stereocenters. The van der Waals surface area contributed by atoms with E-state index in [1.54, 1.807) is 0 Å². The largest absolute Gasteiger partial charge is 0.507 e. The Morgan fingerprint density at radius 1 is 0.643 bits per heavy atom. The van der Waals surface area contributed by atoms with E-state index in [0.717, 1.165) is 67.5 Å². The van der Waals surface area contributed by atoms with Gasteiger partial charge in [0.2, 0.25) is 0 Å². The number of phenols is 1. The molecule has 56 heavy (non-hydrogen) atoms. The second kappa shape index (κ2) is 14.1. The number of nitrogens with zero attached hydrogens (tertiary/aromatic N) is 4. The minimum atomic E-state index is -2.36. The monoisotopic (exact) mass is 940 g/mol. The topological polar surface area (TPSA) is 63.8 Å². The van der Waals surface area contributed by atoms with Gasteiger partial charge in [0.1, 0.15) is 19.6 Å². The van der Waals surface area contributed by atoms with E-state index in [1.807, 2.05) is 12.3 Å². The van der Waals surface area contributed by atoms with E-state index in [4.69, 9.17) is 15.0 Å². The molecule has 0 radical (unpaired) electrons. The number of rotatable bonds is 4. The molecule has 6 aromatic rings. The third-order valence-corrected chi connectivity index (χ3v) is 14.5. The molecule has 294 valence electrons. The predicted octanol–water partition coefficient (Wildman–Crippen LogP) is 11.2. The average molecular weight is 941 g/mol. The molecule has 7 heteroatoms. The Labute approximate surface area is 350 Å². The van der Waals surface area contributed by atoms with E-state index >= 15 is 0 Å². The fraction of sp³-hybridized carbons (Fsp3) is 0.367. The van der Waals surface area contributed by atoms with Gasteiger partial charge in [-0.15, -0.1) is 23.8 Å². The van der Waals surface area contributed by atoms with Gasteiger partial charge in [-0.3, -0.25) is 9.97 Å². The Bertz CT molecular complexity index is 2450. The first-order valence-corrected chi connectivity index (χ1v) is 22.6. The molecule has 4 heterocycles. The summed E-state index contributed by atoms with van der Waals surface area (Å²) in [6.45, 7) is 31.5. The Morgan fingerprint density at radius 2 is 1.27 bits per heavy atom. The Morgan fingerprint density at radius 3 is 1.88 bits per heavy atom. The molecule has 3 aromatic heterocycles. The molecule has 7 rings (SSSR count). The van der Waals surface area contributed by atoms with Gasteiger partial charge in [-0.25, -0.2) is 4.98 Å². The number of hydrogen-bond donors (Lipinski definition) is 1. The van der Waals surface area contributed by atoms with Gasteiger partial charge in [-0.2, -0.15) is 0 Å². The van der Waals surface area contributed by atoms with E-state index in [2.05, 4.69) is 180 Å². The third-order valence-electron chi connectivity index (χ3n) is 11.1. The molecule has 0 saturated carbocycles. The standard InChI is InChI=1S/C49H57N4OSi.Pt/c1-46(2,3)34-23-32(38-25-31(20-21-50-38)30-18-16-15-17-19-30)22-33(24-34)42-44-40(53-41(55(44,13)14)29-51-45(53)49(10,11)12)28-39(52-42)36-26-35(47(4,5)6)27-37(43(36)54)48(7,8)9;/h15-21,23-29,54H,1-14H3;/q-1;. The van der Waals surface area contributed by atoms with Crippen molar-refractivity contribution in [1.29, 1.82) is 0 Å². The van der Waals surface area contributed by atoms with Gasteiger partial charge in [-0.1, -0.05) is 150 Å². The van der Waals surface area contributed by atoms with Crippen molar-refractivity contribution in [3.63, 3.8) is 0 Å². The van der Waals surface area contributed by atoms with Crippen molar-refractivity contribution >= 4 is 18.6 Å². The van der Waals surface area contributed by atoms with Crippen LogP contribution in [-0.4, -0.2) is 32.7 Å². The van der Waals surface area contributed by atoms with Crippen LogP contribution >= 0.6 is 0 Å². The van der Waals surface area contributed by atoms with E-state index in [1.165, 1.54) is 16.1 Å². The first kappa shape index (κ1) is 41.5. The minimum absolute atomic E-state index is 0. The van der Waals surface area contributed by atoms with Gasteiger partial charge < -0.3 is 9.67 Å². The summed E-state index contributed by atoms with van der Waals surface area (Å²) in [6, 6.07) is 29.6. The van der Waals surface area contributed by atoms with Crippen molar-refractivity contribution in [1.82, 2.24) is 19.5 Å². The molecule has 0 saturated heterocycles. The zero-order valence-electron chi connectivity index (χ0n) is 35.6. The summed E-state index contributed by atoms with van der Waals surface area (Å²) in [7, 11) is -2.36. The maximum absolute atomic E-state index is 12.2. The van der Waals surface area contributed by atoms with Crippen LogP contribution in [-0.2, 0) is 42.7 Å². The smallest absolute Gasteiger partial charge is 0.132 e. The van der Waals surface area contributed by atoms with Crippen molar-refractivity contribution in [2.24, 2.45) is 0 Å². The summed E-state index contributed by atoms with van der Waals surface area (Å²) in [6.07, 6.45) is 4.00. The maximum atomic E-state index is 12.2. The van der Waals surface area contributed by atoms with Crippen LogP contribution in [0.4, 0.5) is 0 Å². The van der Waals surface area contributed by atoms with E-state index in [9.17, 15) is 5.11 Å². The molecule has 5 nitrogen and oxygen atoms in total. The second-order valence-electron chi connectivity index (χ2n) is 20.1. The molecule has 1 N–H and O–H groups in total. The molecule has 0 fully saturated rings. The van der Waals surface area contributed by atoms with Crippen LogP contribution in [0.1, 0.15) is 106 Å². The molecule has 1 aliphatic heterocycles. The molecule has 0 amide bonds. The van der Waals surface area contributed by atoms with Crippen molar-refractivity contribution in [3.8, 4) is 56.3 Å². The van der Waals surface area contributed by atoms with Gasteiger partial charge >= 0.3 is 0 Å². The van der Waals surface area contributed by atoms with Crippen LogP contribution in [0.15, 0.2) is 85.2 Å². The van der Waals surface area contributed by atoms with Crippen molar-refractivity contribution in [2.45, 2.75) is 118 Å². The Kier molecular flexibility index (Phi) is 10.4. The summed E-state index contributed by atoms with van der Waals surface area (Å²) < 4.78 is 2.41. The maximum Gasteiger partial charge on any atom is 0.132 e. The zero-order chi connectivity index (χ0) is 40.0. The van der Waals surface area contributed by atoms with Crippen LogP contribution in [0, 0.1) is 6.07 Å². The third kappa shape index (κ3) is 7.40. The number of benzene rings is 3. The summed E-state index contributed by atoms with van der Waals surface area (Å²) in [4.78, 5) is 15.6. The van der Waals surface area contributed by atoms with Crippen LogP contribution in [0.25, 0.3) is 50.6 Å². The second-order valence-corrected chi connectivity index (χ2v) is 24.4. The molecule has 0 spiro atoms. The summed E-state index contributed by atoms with van der Waals surface area (Å²) >= 11 is 0. The SMILES string of the molecule is CC(C)(C)c1cc(-c2cc(-c3ccccc3)ccn2)[c-]c(-c2nc(-c3cc(C(C)(C)C)cc(C(C)(C)C)c3O)cc3c2[Si](C)(C)c2cnc(C(C)(C)C)n2-3)c1.[Pt]. The van der Waals surface area contributed by atoms with Crippen molar-refractivity contribution in [3.05, 3.63) is 114 Å². The Balaban J connectivity index is 0.00000532. The first-order valence-electron chi connectivity index (χ1n) is 19.6. The molecule has 0 bridgehead atoms. The number of imidazole rings is 1. The van der Waals surface area contributed by atoms with Gasteiger partial charge in [0.05, 0.1) is 5.69 Å². The van der Waals surface area contributed by atoms with Gasteiger partial charge in [0.15, 0.2) is 0 Å². The van der Waals surface area contributed by atoms with Crippen molar-refractivity contribution in [2.75, 3.05) is 0 Å². The van der Waals surface area contributed by atoms with Gasteiger partial charge in [0, 0.05) is 72.4 Å². The number of pyridine rings is 2. The summed E-state index contributed by atoms with van der Waals surface area (Å²) in [5.41, 5.74) is 11.0. The number of fused-ring (bicyclic) bond motifs is 3. The number of aromatic nitrogens is 4. The average Bonchev–Trinajstić information content (AvgIpc) is 3.65. The number of hydrogen-bond acceptors (Lipinski definition) is 4. The van der Waals surface area contributed by atoms with Crippen LogP contribution in [0.2, 0.25) is 13.1 Å². The van der Waals surface area contributed by atoms with Crippen LogP contribution in [0.3, 0.4) is 0 Å². The van der Waals surface area contributed by atoms with E-state index < -0.39 is 8.07 Å². The molecule has 1 aliphatic rings. The van der Waals surface area contributed by atoms with E-state index in [0.29, 0.717) is 0 Å². The quantitative estimate of drug-likeness (QED) is 0.141. The molecule has 3 aromatic carbocycles. The summed E-state index contributed by atoms with van der Waals surface area (Å²) in [5.74, 6) is 1.31. The predicted molar refractivity (Wildman–Crippen MR) is 233 cm³/mol. The molecular weight excluding hydrogens is 884 g/mol. The van der Waals surface area contributed by atoms with Crippen LogP contribution < -0.4 is 10.5 Å². The summed E-state index contributed by atoms with van der Waals surface area (Å²) in [5, 5.41) is 14.7. The molecule has 0 unspecified atom stereocenters.